The van der Waals surface area contributed by atoms with Crippen LogP contribution in [0.3, 0.4) is 0 Å². The van der Waals surface area contributed by atoms with Crippen molar-refractivity contribution in [1.82, 2.24) is 9.55 Å². The minimum atomic E-state index is -0.467. The highest BCUT2D eigenvalue weighted by Gasteiger charge is 2.31. The van der Waals surface area contributed by atoms with Crippen molar-refractivity contribution in [3.05, 3.63) is 51.9 Å². The monoisotopic (exact) mass is 507 g/mol. The van der Waals surface area contributed by atoms with Crippen molar-refractivity contribution in [2.75, 3.05) is 19.0 Å². The summed E-state index contributed by atoms with van der Waals surface area (Å²) in [5.41, 5.74) is 3.65. The number of amides is 1. The molecule has 1 aromatic carbocycles. The molecule has 1 aliphatic rings. The van der Waals surface area contributed by atoms with E-state index in [1.165, 1.54) is 17.4 Å². The number of rotatable bonds is 7. The molecule has 0 aliphatic heterocycles. The number of hydrogen-bond donors (Lipinski definition) is 1. The Hall–Kier alpha value is -3.59. The first-order valence-electron chi connectivity index (χ1n) is 12.1. The highest BCUT2D eigenvalue weighted by molar-refractivity contribution is 7.19. The smallest absolute Gasteiger partial charge is 0.357 e. The molecular weight excluding hydrogens is 478 g/mol. The molecular formula is C27H29N3O5S. The molecule has 9 heteroatoms. The van der Waals surface area contributed by atoms with Crippen LogP contribution in [0.1, 0.15) is 59.1 Å². The average molecular weight is 508 g/mol. The van der Waals surface area contributed by atoms with Crippen LogP contribution in [-0.4, -0.2) is 35.1 Å². The van der Waals surface area contributed by atoms with Crippen molar-refractivity contribution in [3.63, 3.8) is 0 Å². The third-order valence-corrected chi connectivity index (χ3v) is 7.78. The highest BCUT2D eigenvalue weighted by atomic mass is 32.1. The molecule has 0 saturated carbocycles. The Labute approximate surface area is 213 Å². The number of aryl methyl sites for hydroxylation is 3. The number of thiophene rings is 1. The van der Waals surface area contributed by atoms with Gasteiger partial charge in [-0.2, -0.15) is 0 Å². The molecule has 3 heterocycles. The standard InChI is InChI=1S/C27H29N3O5S/c1-5-34-27(32)24-23(28-16(3)31)22-19-8-6-7-9-21(19)36-26(22)30(24)14-20-15(2)35-25(29-20)17-10-12-18(33-4)13-11-17/h10-13H,5-9,14H2,1-4H3,(H,28,31). The Kier molecular flexibility index (Phi) is 6.57. The van der Waals surface area contributed by atoms with Gasteiger partial charge in [-0.25, -0.2) is 9.78 Å². The molecule has 4 aromatic rings. The Morgan fingerprint density at radius 3 is 2.64 bits per heavy atom. The maximum Gasteiger partial charge on any atom is 0.357 e. The fourth-order valence-electron chi connectivity index (χ4n) is 4.80. The number of oxazole rings is 1. The second-order valence-electron chi connectivity index (χ2n) is 8.85. The van der Waals surface area contributed by atoms with Crippen molar-refractivity contribution in [1.29, 1.82) is 0 Å². The van der Waals surface area contributed by atoms with Gasteiger partial charge in [0.05, 0.1) is 25.9 Å². The lowest BCUT2D eigenvalue weighted by atomic mass is 9.96. The van der Waals surface area contributed by atoms with E-state index in [0.717, 1.165) is 47.2 Å². The van der Waals surface area contributed by atoms with Crippen molar-refractivity contribution in [3.8, 4) is 17.2 Å². The quantitative estimate of drug-likeness (QED) is 0.321. The number of nitrogens with zero attached hydrogens (tertiary/aromatic N) is 2. The lowest BCUT2D eigenvalue weighted by Crippen LogP contribution is -2.17. The minimum absolute atomic E-state index is 0.227. The van der Waals surface area contributed by atoms with E-state index in [9.17, 15) is 9.59 Å². The fraction of sp³-hybridized carbons (Fsp3) is 0.370. The summed E-state index contributed by atoms with van der Waals surface area (Å²) < 4.78 is 18.6. The molecule has 8 nitrogen and oxygen atoms in total. The van der Waals surface area contributed by atoms with Gasteiger partial charge in [0.1, 0.15) is 22.0 Å². The summed E-state index contributed by atoms with van der Waals surface area (Å²) in [6.45, 7) is 5.65. The van der Waals surface area contributed by atoms with E-state index >= 15 is 0 Å². The topological polar surface area (TPSA) is 95.6 Å². The molecule has 36 heavy (non-hydrogen) atoms. The second-order valence-corrected chi connectivity index (χ2v) is 9.94. The van der Waals surface area contributed by atoms with Crippen molar-refractivity contribution in [2.45, 2.75) is 53.0 Å². The van der Waals surface area contributed by atoms with Crippen molar-refractivity contribution in [2.24, 2.45) is 0 Å². The maximum atomic E-state index is 13.2. The van der Waals surface area contributed by atoms with Gasteiger partial charge >= 0.3 is 5.97 Å². The largest absolute Gasteiger partial charge is 0.497 e. The van der Waals surface area contributed by atoms with Crippen LogP contribution in [0.4, 0.5) is 5.69 Å². The number of anilines is 1. The predicted octanol–water partition coefficient (Wildman–Crippen LogP) is 5.74. The number of benzene rings is 1. The first-order chi connectivity index (χ1) is 17.4. The van der Waals surface area contributed by atoms with Crippen LogP contribution >= 0.6 is 11.3 Å². The van der Waals surface area contributed by atoms with Crippen LogP contribution < -0.4 is 10.1 Å². The van der Waals surface area contributed by atoms with Gasteiger partial charge in [-0.15, -0.1) is 11.3 Å². The van der Waals surface area contributed by atoms with Crippen LogP contribution in [-0.2, 0) is 28.9 Å². The maximum absolute atomic E-state index is 13.2. The van der Waals surface area contributed by atoms with Gasteiger partial charge in [0.15, 0.2) is 5.69 Å². The van der Waals surface area contributed by atoms with E-state index in [2.05, 4.69) is 5.32 Å². The molecule has 5 rings (SSSR count). The van der Waals surface area contributed by atoms with E-state index < -0.39 is 5.97 Å². The van der Waals surface area contributed by atoms with Crippen LogP contribution in [0.15, 0.2) is 28.7 Å². The van der Waals surface area contributed by atoms with Crippen LogP contribution in [0.2, 0.25) is 0 Å². The first-order valence-corrected chi connectivity index (χ1v) is 12.9. The number of fused-ring (bicyclic) bond motifs is 3. The molecule has 1 N–H and O–H groups in total. The molecule has 0 radical (unpaired) electrons. The summed E-state index contributed by atoms with van der Waals surface area (Å²) in [6.07, 6.45) is 4.17. The molecule has 1 amide bonds. The zero-order valence-electron chi connectivity index (χ0n) is 20.9. The summed E-state index contributed by atoms with van der Waals surface area (Å²) in [7, 11) is 1.62. The first kappa shape index (κ1) is 24.1. The highest BCUT2D eigenvalue weighted by Crippen LogP contribution is 2.44. The number of carbonyl (C=O) groups is 2. The molecule has 0 spiro atoms. The molecule has 0 unspecified atom stereocenters. The Morgan fingerprint density at radius 2 is 1.94 bits per heavy atom. The van der Waals surface area contributed by atoms with E-state index in [4.69, 9.17) is 18.9 Å². The molecule has 3 aromatic heterocycles. The Balaban J connectivity index is 1.65. The lowest BCUT2D eigenvalue weighted by molar-refractivity contribution is -0.114. The molecule has 0 bridgehead atoms. The number of nitrogens with one attached hydrogen (secondary N) is 1. The fourth-order valence-corrected chi connectivity index (χ4v) is 6.20. The van der Waals surface area contributed by atoms with E-state index in [1.807, 2.05) is 35.8 Å². The van der Waals surface area contributed by atoms with Gasteiger partial charge in [-0.3, -0.25) is 4.79 Å². The number of ether oxygens (including phenoxy) is 2. The summed E-state index contributed by atoms with van der Waals surface area (Å²) >= 11 is 1.69. The van der Waals surface area contributed by atoms with E-state index in [-0.39, 0.29) is 12.5 Å². The molecule has 1 aliphatic carbocycles. The number of carbonyl (C=O) groups excluding carboxylic acids is 2. The zero-order chi connectivity index (χ0) is 25.4. The van der Waals surface area contributed by atoms with Gasteiger partial charge in [0.2, 0.25) is 11.8 Å². The summed E-state index contributed by atoms with van der Waals surface area (Å²) in [5.74, 6) is 1.22. The normalized spacial score (nSPS) is 13.0. The summed E-state index contributed by atoms with van der Waals surface area (Å²) in [4.78, 5) is 32.5. The molecule has 188 valence electrons. The van der Waals surface area contributed by atoms with Crippen molar-refractivity contribution >= 4 is 39.1 Å². The number of esters is 1. The minimum Gasteiger partial charge on any atom is -0.497 e. The lowest BCUT2D eigenvalue weighted by Gasteiger charge is -2.13. The third-order valence-electron chi connectivity index (χ3n) is 6.46. The Morgan fingerprint density at radius 1 is 1.19 bits per heavy atom. The van der Waals surface area contributed by atoms with Gasteiger partial charge < -0.3 is 23.8 Å². The SMILES string of the molecule is CCOC(=O)c1c(NC(C)=O)c2c3c(sc2n1Cc1nc(-c2ccc(OC)cc2)oc1C)CCCC3. The van der Waals surface area contributed by atoms with Crippen LogP contribution in [0.25, 0.3) is 21.7 Å². The Bertz CT molecular complexity index is 1440. The van der Waals surface area contributed by atoms with Gasteiger partial charge in [0, 0.05) is 22.8 Å². The zero-order valence-corrected chi connectivity index (χ0v) is 21.7. The summed E-state index contributed by atoms with van der Waals surface area (Å²) in [5, 5.41) is 3.89. The van der Waals surface area contributed by atoms with Crippen LogP contribution in [0, 0.1) is 6.92 Å². The molecule has 0 fully saturated rings. The second kappa shape index (κ2) is 9.81. The van der Waals surface area contributed by atoms with E-state index in [1.54, 1.807) is 25.4 Å². The van der Waals surface area contributed by atoms with Gasteiger partial charge in [0.25, 0.3) is 0 Å². The van der Waals surface area contributed by atoms with E-state index in [0.29, 0.717) is 35.3 Å². The van der Waals surface area contributed by atoms with Crippen LogP contribution in [0.5, 0.6) is 5.75 Å². The molecule has 0 saturated heterocycles. The number of hydrogen-bond acceptors (Lipinski definition) is 7. The third kappa shape index (κ3) is 4.28. The van der Waals surface area contributed by atoms with Gasteiger partial charge in [-0.05, 0) is 69.4 Å². The number of methoxy groups -OCH3 is 1. The average Bonchev–Trinajstić information content (AvgIpc) is 3.51. The number of aromatic nitrogens is 2. The molecule has 0 atom stereocenters. The van der Waals surface area contributed by atoms with Gasteiger partial charge in [-0.1, -0.05) is 0 Å². The summed E-state index contributed by atoms with van der Waals surface area (Å²) in [6, 6.07) is 7.51. The van der Waals surface area contributed by atoms with Crippen molar-refractivity contribution < 1.29 is 23.5 Å². The predicted molar refractivity (Wildman–Crippen MR) is 139 cm³/mol.